The number of pyridine rings is 1. The normalized spacial score (nSPS) is 11.1. The lowest BCUT2D eigenvalue weighted by molar-refractivity contribution is -0.121. The third-order valence-corrected chi connectivity index (χ3v) is 4.70. The average molecular weight is 392 g/mol. The molecular weight excluding hydrogens is 371 g/mol. The van der Waals surface area contributed by atoms with E-state index in [9.17, 15) is 9.18 Å². The third kappa shape index (κ3) is 4.16. The number of amides is 1. The summed E-state index contributed by atoms with van der Waals surface area (Å²) in [6.45, 7) is 3.28. The van der Waals surface area contributed by atoms with Crippen LogP contribution in [0.3, 0.4) is 0 Å². The summed E-state index contributed by atoms with van der Waals surface area (Å²) < 4.78 is 16.7. The molecule has 0 unspecified atom stereocenters. The summed E-state index contributed by atoms with van der Waals surface area (Å²) in [4.78, 5) is 16.8. The van der Waals surface area contributed by atoms with Crippen molar-refractivity contribution >= 4 is 16.9 Å². The maximum absolute atomic E-state index is 13.3. The van der Waals surface area contributed by atoms with Gasteiger partial charge >= 0.3 is 0 Å². The molecule has 0 saturated carbocycles. The van der Waals surface area contributed by atoms with Gasteiger partial charge in [-0.15, -0.1) is 0 Å². The van der Waals surface area contributed by atoms with Crippen LogP contribution >= 0.6 is 0 Å². The second-order valence-corrected chi connectivity index (χ2v) is 6.78. The zero-order valence-corrected chi connectivity index (χ0v) is 16.0. The molecule has 1 N–H and O–H groups in total. The highest BCUT2D eigenvalue weighted by molar-refractivity contribution is 5.95. The van der Waals surface area contributed by atoms with Crippen molar-refractivity contribution in [2.75, 3.05) is 6.54 Å². The number of carbonyl (C=O) groups excluding carboxylic acids is 1. The van der Waals surface area contributed by atoms with Gasteiger partial charge in [-0.3, -0.25) is 9.48 Å². The highest BCUT2D eigenvalue weighted by Gasteiger charge is 2.15. The Bertz CT molecular complexity index is 1120. The highest BCUT2D eigenvalue weighted by atomic mass is 19.1. The van der Waals surface area contributed by atoms with E-state index in [0.717, 1.165) is 35.2 Å². The van der Waals surface area contributed by atoms with Gasteiger partial charge in [0.1, 0.15) is 12.4 Å². The zero-order chi connectivity index (χ0) is 20.2. The molecule has 0 radical (unpaired) electrons. The summed E-state index contributed by atoms with van der Waals surface area (Å²) in [6.07, 6.45) is 6.10. The van der Waals surface area contributed by atoms with Gasteiger partial charge in [0.25, 0.3) is 0 Å². The Kier molecular flexibility index (Phi) is 5.33. The predicted octanol–water partition coefficient (Wildman–Crippen LogP) is 2.95. The monoisotopic (exact) mass is 392 g/mol. The van der Waals surface area contributed by atoms with E-state index >= 15 is 0 Å². The number of benzene rings is 1. The van der Waals surface area contributed by atoms with Gasteiger partial charge in [0.05, 0.1) is 5.69 Å². The summed E-state index contributed by atoms with van der Waals surface area (Å²) in [6, 6.07) is 10.1. The van der Waals surface area contributed by atoms with Crippen LogP contribution in [0.4, 0.5) is 4.39 Å². The third-order valence-electron chi connectivity index (χ3n) is 4.70. The van der Waals surface area contributed by atoms with Gasteiger partial charge in [-0.05, 0) is 48.7 Å². The van der Waals surface area contributed by atoms with E-state index in [0.29, 0.717) is 12.2 Å². The minimum Gasteiger partial charge on any atom is -0.354 e. The van der Waals surface area contributed by atoms with Crippen LogP contribution in [0.5, 0.6) is 0 Å². The van der Waals surface area contributed by atoms with Crippen molar-refractivity contribution in [2.45, 2.75) is 26.4 Å². The lowest BCUT2D eigenvalue weighted by Crippen LogP contribution is -2.29. The minimum absolute atomic E-state index is 0.0893. The Balaban J connectivity index is 1.47. The Labute approximate surface area is 167 Å². The first-order chi connectivity index (χ1) is 14.1. The van der Waals surface area contributed by atoms with E-state index in [4.69, 9.17) is 0 Å². The van der Waals surface area contributed by atoms with Crippen molar-refractivity contribution < 1.29 is 9.18 Å². The maximum atomic E-state index is 13.3. The van der Waals surface area contributed by atoms with Gasteiger partial charge in [-0.25, -0.2) is 14.1 Å². The number of hydrogen-bond donors (Lipinski definition) is 1. The number of rotatable bonds is 7. The smallest absolute Gasteiger partial charge is 0.241 e. The van der Waals surface area contributed by atoms with Crippen molar-refractivity contribution in [3.05, 3.63) is 66.5 Å². The molecule has 3 heterocycles. The molecule has 0 aliphatic heterocycles. The zero-order valence-electron chi connectivity index (χ0n) is 16.0. The summed E-state index contributed by atoms with van der Waals surface area (Å²) in [7, 11) is 0. The van der Waals surface area contributed by atoms with Gasteiger partial charge in [-0.1, -0.05) is 12.1 Å². The SMILES string of the molecule is Cc1nn(CC(=O)NCCCn2cccn2)c2nccc(-c3ccc(F)cc3)c12. The molecule has 0 saturated heterocycles. The van der Waals surface area contributed by atoms with Crippen LogP contribution in [0.15, 0.2) is 55.0 Å². The fraction of sp³-hybridized carbons (Fsp3) is 0.238. The molecule has 0 bridgehead atoms. The molecule has 0 aliphatic carbocycles. The molecule has 1 amide bonds. The van der Waals surface area contributed by atoms with Gasteiger partial charge in [0, 0.05) is 37.1 Å². The average Bonchev–Trinajstić information content (AvgIpc) is 3.34. The first-order valence-electron chi connectivity index (χ1n) is 9.44. The Hall–Kier alpha value is -3.55. The highest BCUT2D eigenvalue weighted by Crippen LogP contribution is 2.29. The minimum atomic E-state index is -0.282. The summed E-state index contributed by atoms with van der Waals surface area (Å²) in [5.41, 5.74) is 3.21. The fourth-order valence-electron chi connectivity index (χ4n) is 3.36. The van der Waals surface area contributed by atoms with Gasteiger partial charge in [-0.2, -0.15) is 10.2 Å². The van der Waals surface area contributed by atoms with Crippen LogP contribution < -0.4 is 5.32 Å². The van der Waals surface area contributed by atoms with Crippen LogP contribution in [-0.4, -0.2) is 37.0 Å². The summed E-state index contributed by atoms with van der Waals surface area (Å²) >= 11 is 0. The number of fused-ring (bicyclic) bond motifs is 1. The largest absolute Gasteiger partial charge is 0.354 e. The van der Waals surface area contributed by atoms with Crippen LogP contribution in [0.2, 0.25) is 0 Å². The summed E-state index contributed by atoms with van der Waals surface area (Å²) in [5, 5.41) is 12.4. The molecule has 1 aromatic carbocycles. The van der Waals surface area contributed by atoms with Crippen LogP contribution in [-0.2, 0) is 17.9 Å². The molecular formula is C21H21FN6O. The quantitative estimate of drug-likeness (QED) is 0.491. The second-order valence-electron chi connectivity index (χ2n) is 6.78. The molecule has 3 aromatic heterocycles. The molecule has 0 fully saturated rings. The van der Waals surface area contributed by atoms with Gasteiger partial charge < -0.3 is 5.32 Å². The molecule has 0 atom stereocenters. The number of nitrogens with zero attached hydrogens (tertiary/aromatic N) is 5. The molecule has 0 spiro atoms. The Morgan fingerprint density at radius 1 is 1.17 bits per heavy atom. The molecule has 0 aliphatic rings. The lowest BCUT2D eigenvalue weighted by atomic mass is 10.0. The van der Waals surface area contributed by atoms with E-state index in [1.54, 1.807) is 29.2 Å². The van der Waals surface area contributed by atoms with Crippen LogP contribution in [0.25, 0.3) is 22.2 Å². The van der Waals surface area contributed by atoms with Gasteiger partial charge in [0.2, 0.25) is 5.91 Å². The van der Waals surface area contributed by atoms with E-state index < -0.39 is 0 Å². The number of aryl methyl sites for hydroxylation is 2. The number of hydrogen-bond acceptors (Lipinski definition) is 4. The molecule has 7 nitrogen and oxygen atoms in total. The summed E-state index contributed by atoms with van der Waals surface area (Å²) in [5.74, 6) is -0.403. The topological polar surface area (TPSA) is 77.6 Å². The van der Waals surface area contributed by atoms with Crippen LogP contribution in [0, 0.1) is 12.7 Å². The molecule has 8 heteroatoms. The lowest BCUT2D eigenvalue weighted by Gasteiger charge is -2.07. The first kappa shape index (κ1) is 18.8. The van der Waals surface area contributed by atoms with Crippen LogP contribution in [0.1, 0.15) is 12.1 Å². The van der Waals surface area contributed by atoms with Crippen molar-refractivity contribution in [3.8, 4) is 11.1 Å². The van der Waals surface area contributed by atoms with Gasteiger partial charge in [0.15, 0.2) is 5.65 Å². The van der Waals surface area contributed by atoms with E-state index in [1.807, 2.05) is 29.9 Å². The van der Waals surface area contributed by atoms with Crippen molar-refractivity contribution in [1.29, 1.82) is 0 Å². The Morgan fingerprint density at radius 3 is 2.76 bits per heavy atom. The number of halogens is 1. The van der Waals surface area contributed by atoms with E-state index in [2.05, 4.69) is 20.5 Å². The van der Waals surface area contributed by atoms with E-state index in [1.165, 1.54) is 12.1 Å². The molecule has 29 heavy (non-hydrogen) atoms. The Morgan fingerprint density at radius 2 is 2.00 bits per heavy atom. The molecule has 4 aromatic rings. The molecule has 4 rings (SSSR count). The molecule has 148 valence electrons. The second kappa shape index (κ2) is 8.22. The maximum Gasteiger partial charge on any atom is 0.241 e. The van der Waals surface area contributed by atoms with E-state index in [-0.39, 0.29) is 18.3 Å². The first-order valence-corrected chi connectivity index (χ1v) is 9.44. The standard InChI is InChI=1S/C21H21FN6O/c1-15-20-18(16-4-6-17(22)7-5-16)8-11-24-21(20)28(26-15)14-19(29)23-9-2-12-27-13-3-10-25-27/h3-8,10-11,13H,2,9,12,14H2,1H3,(H,23,29). The number of carbonyl (C=O) groups is 1. The predicted molar refractivity (Wildman–Crippen MR) is 108 cm³/mol. The number of nitrogens with one attached hydrogen (secondary N) is 1. The van der Waals surface area contributed by atoms with Crippen molar-refractivity contribution in [3.63, 3.8) is 0 Å². The van der Waals surface area contributed by atoms with Crippen molar-refractivity contribution in [1.82, 2.24) is 29.9 Å². The number of aromatic nitrogens is 5. The fourth-order valence-corrected chi connectivity index (χ4v) is 3.36. The van der Waals surface area contributed by atoms with Crippen molar-refractivity contribution in [2.24, 2.45) is 0 Å².